The third-order valence-corrected chi connectivity index (χ3v) is 5.92. The van der Waals surface area contributed by atoms with Crippen LogP contribution < -0.4 is 21.1 Å². The molecule has 2 heterocycles. The van der Waals surface area contributed by atoms with Gasteiger partial charge in [-0.25, -0.2) is 4.79 Å². The average molecular weight is 454 g/mol. The van der Waals surface area contributed by atoms with Crippen LogP contribution in [-0.2, 0) is 4.79 Å². The van der Waals surface area contributed by atoms with Crippen LogP contribution in [0.25, 0.3) is 0 Å². The van der Waals surface area contributed by atoms with Crippen LogP contribution >= 0.6 is 11.6 Å². The monoisotopic (exact) mass is 453 g/mol. The van der Waals surface area contributed by atoms with Crippen LogP contribution in [0.1, 0.15) is 44.9 Å². The first-order chi connectivity index (χ1) is 14.9. The van der Waals surface area contributed by atoms with E-state index in [1.807, 2.05) is 0 Å². The lowest BCUT2D eigenvalue weighted by Crippen LogP contribution is -2.42. The summed E-state index contributed by atoms with van der Waals surface area (Å²) in [4.78, 5) is 32.8. The number of nitrogens with one attached hydrogen (secondary N) is 3. The number of hydrogen-bond donors (Lipinski definition) is 4. The van der Waals surface area contributed by atoms with Crippen molar-refractivity contribution >= 4 is 35.2 Å². The molecule has 10 nitrogen and oxygen atoms in total. The third kappa shape index (κ3) is 5.85. The van der Waals surface area contributed by atoms with Gasteiger partial charge in [0.2, 0.25) is 17.0 Å². The minimum atomic E-state index is -1.21. The van der Waals surface area contributed by atoms with Crippen LogP contribution in [0.15, 0.2) is 0 Å². The maximum absolute atomic E-state index is 15.0. The zero-order valence-corrected chi connectivity index (χ0v) is 17.7. The van der Waals surface area contributed by atoms with E-state index in [1.54, 1.807) is 0 Å². The van der Waals surface area contributed by atoms with Gasteiger partial charge in [0.05, 0.1) is 12.0 Å². The van der Waals surface area contributed by atoms with Crippen molar-refractivity contribution in [1.82, 2.24) is 20.7 Å². The SMILES string of the molecule is N#C[C@@H]1CCCN1c1nc(Cl)nc(NNC(=O)[C@@H](CNC(=O)O)CC2CCCC2)c1F. The topological polar surface area (TPSA) is 143 Å². The first-order valence-electron chi connectivity index (χ1n) is 10.3. The minimum Gasteiger partial charge on any atom is -0.465 e. The smallest absolute Gasteiger partial charge is 0.404 e. The average Bonchev–Trinajstić information content (AvgIpc) is 3.42. The normalized spacial score (nSPS) is 19.6. The van der Waals surface area contributed by atoms with Crippen LogP contribution in [0.2, 0.25) is 5.28 Å². The number of aromatic nitrogens is 2. The number of rotatable bonds is 8. The van der Waals surface area contributed by atoms with Gasteiger partial charge in [-0.2, -0.15) is 19.6 Å². The largest absolute Gasteiger partial charge is 0.465 e. The van der Waals surface area contributed by atoms with E-state index in [0.29, 0.717) is 25.3 Å². The van der Waals surface area contributed by atoms with Gasteiger partial charge in [0.25, 0.3) is 0 Å². The molecule has 2 fully saturated rings. The van der Waals surface area contributed by atoms with Crippen LogP contribution in [0.3, 0.4) is 0 Å². The first kappa shape index (κ1) is 22.8. The molecule has 12 heteroatoms. The Kier molecular flexibility index (Phi) is 7.68. The number of anilines is 2. The van der Waals surface area contributed by atoms with Crippen molar-refractivity contribution in [2.75, 3.05) is 23.4 Å². The Balaban J connectivity index is 1.69. The second-order valence-corrected chi connectivity index (χ2v) is 8.18. The molecule has 2 atom stereocenters. The third-order valence-electron chi connectivity index (χ3n) is 5.75. The van der Waals surface area contributed by atoms with Gasteiger partial charge in [0, 0.05) is 13.1 Å². The van der Waals surface area contributed by atoms with E-state index in [4.69, 9.17) is 16.7 Å². The Morgan fingerprint density at radius 2 is 2.03 bits per heavy atom. The summed E-state index contributed by atoms with van der Waals surface area (Å²) in [5, 5.41) is 20.2. The number of amides is 2. The molecular formula is C19H25ClFN7O3. The van der Waals surface area contributed by atoms with Gasteiger partial charge in [-0.3, -0.25) is 15.6 Å². The van der Waals surface area contributed by atoms with Crippen LogP contribution in [0, 0.1) is 29.0 Å². The summed E-state index contributed by atoms with van der Waals surface area (Å²) in [6.07, 6.45) is 4.82. The molecule has 1 aliphatic carbocycles. The molecular weight excluding hydrogens is 429 g/mol. The molecule has 1 aromatic rings. The lowest BCUT2D eigenvalue weighted by Gasteiger charge is -2.23. The van der Waals surface area contributed by atoms with E-state index in [-0.39, 0.29) is 23.5 Å². The molecule has 168 valence electrons. The lowest BCUT2D eigenvalue weighted by molar-refractivity contribution is -0.124. The van der Waals surface area contributed by atoms with E-state index in [2.05, 4.69) is 32.2 Å². The molecule has 1 saturated carbocycles. The Labute approximate surface area is 184 Å². The van der Waals surface area contributed by atoms with Gasteiger partial charge in [0.1, 0.15) is 6.04 Å². The van der Waals surface area contributed by atoms with Crippen LogP contribution in [-0.4, -0.2) is 46.2 Å². The molecule has 0 spiro atoms. The van der Waals surface area contributed by atoms with Crippen LogP contribution in [0.4, 0.5) is 20.8 Å². The predicted molar refractivity (Wildman–Crippen MR) is 111 cm³/mol. The van der Waals surface area contributed by atoms with Crippen molar-refractivity contribution in [3.05, 3.63) is 11.1 Å². The van der Waals surface area contributed by atoms with E-state index in [1.165, 1.54) is 4.90 Å². The molecule has 1 aliphatic heterocycles. The molecule has 1 saturated heterocycles. The van der Waals surface area contributed by atoms with E-state index in [0.717, 1.165) is 32.1 Å². The van der Waals surface area contributed by atoms with Gasteiger partial charge in [-0.1, -0.05) is 25.7 Å². The molecule has 3 rings (SSSR count). The van der Waals surface area contributed by atoms with Crippen molar-refractivity contribution in [2.45, 2.75) is 51.0 Å². The molecule has 31 heavy (non-hydrogen) atoms. The summed E-state index contributed by atoms with van der Waals surface area (Å²) in [6.45, 7) is 0.411. The van der Waals surface area contributed by atoms with Gasteiger partial charge >= 0.3 is 6.09 Å². The highest BCUT2D eigenvalue weighted by Crippen LogP contribution is 2.31. The zero-order valence-electron chi connectivity index (χ0n) is 16.9. The van der Waals surface area contributed by atoms with Gasteiger partial charge in [-0.05, 0) is 36.8 Å². The standard InChI is InChI=1S/C19H25ClFN7O3/c20-18-24-15(14(21)16(25-18)28-7-3-6-13(28)9-22)26-27-17(29)12(10-23-19(30)31)8-11-4-1-2-5-11/h11-13,23H,1-8,10H2,(H,27,29)(H,30,31)(H,24,25,26)/t12-,13+/m1/s1. The van der Waals surface area contributed by atoms with Crippen molar-refractivity contribution < 1.29 is 19.1 Å². The van der Waals surface area contributed by atoms with Crippen molar-refractivity contribution in [2.24, 2.45) is 11.8 Å². The zero-order chi connectivity index (χ0) is 22.4. The fourth-order valence-corrected chi connectivity index (χ4v) is 4.37. The molecule has 0 radical (unpaired) electrons. The summed E-state index contributed by atoms with van der Waals surface area (Å²) in [6, 6.07) is 1.60. The second kappa shape index (κ2) is 10.4. The number of carboxylic acid groups (broad SMARTS) is 1. The Bertz CT molecular complexity index is 860. The highest BCUT2D eigenvalue weighted by Gasteiger charge is 2.30. The van der Waals surface area contributed by atoms with Crippen LogP contribution in [0.5, 0.6) is 0 Å². The molecule has 0 bridgehead atoms. The van der Waals surface area contributed by atoms with Gasteiger partial charge in [-0.15, -0.1) is 0 Å². The molecule has 0 unspecified atom stereocenters. The fourth-order valence-electron chi connectivity index (χ4n) is 4.20. The first-order valence-corrected chi connectivity index (χ1v) is 10.7. The summed E-state index contributed by atoms with van der Waals surface area (Å²) >= 11 is 5.94. The van der Waals surface area contributed by atoms with E-state index in [9.17, 15) is 14.9 Å². The second-order valence-electron chi connectivity index (χ2n) is 7.84. The van der Waals surface area contributed by atoms with Gasteiger partial charge in [0.15, 0.2) is 11.6 Å². The number of hydrazine groups is 1. The summed E-state index contributed by atoms with van der Waals surface area (Å²) in [5.74, 6) is -2.00. The Morgan fingerprint density at radius 1 is 1.29 bits per heavy atom. The highest BCUT2D eigenvalue weighted by molar-refractivity contribution is 6.28. The lowest BCUT2D eigenvalue weighted by atomic mass is 9.92. The number of halogens is 2. The minimum absolute atomic E-state index is 0.0464. The number of carbonyl (C=O) groups excluding carboxylic acids is 1. The van der Waals surface area contributed by atoms with Gasteiger partial charge < -0.3 is 15.3 Å². The predicted octanol–water partition coefficient (Wildman–Crippen LogP) is 2.67. The quantitative estimate of drug-likeness (QED) is 0.347. The highest BCUT2D eigenvalue weighted by atomic mass is 35.5. The van der Waals surface area contributed by atoms with Crippen molar-refractivity contribution in [3.63, 3.8) is 0 Å². The molecule has 4 N–H and O–H groups in total. The number of nitriles is 1. The fraction of sp³-hybridized carbons (Fsp3) is 0.632. The molecule has 0 aromatic carbocycles. The van der Waals surface area contributed by atoms with Crippen molar-refractivity contribution in [1.29, 1.82) is 5.26 Å². The molecule has 1 aromatic heterocycles. The number of carbonyl (C=O) groups is 2. The molecule has 2 aliphatic rings. The summed E-state index contributed by atoms with van der Waals surface area (Å²) < 4.78 is 15.0. The Morgan fingerprint density at radius 3 is 2.71 bits per heavy atom. The van der Waals surface area contributed by atoms with Crippen molar-refractivity contribution in [3.8, 4) is 6.07 Å². The molecule has 2 amide bonds. The maximum atomic E-state index is 15.0. The number of hydrogen-bond acceptors (Lipinski definition) is 7. The summed E-state index contributed by atoms with van der Waals surface area (Å²) in [7, 11) is 0. The maximum Gasteiger partial charge on any atom is 0.404 e. The number of nitrogens with zero attached hydrogens (tertiary/aromatic N) is 4. The van der Waals surface area contributed by atoms with E-state index >= 15 is 4.39 Å². The Hall–Kier alpha value is -2.87. The van der Waals surface area contributed by atoms with E-state index < -0.39 is 29.8 Å². The summed E-state index contributed by atoms with van der Waals surface area (Å²) in [5.41, 5.74) is 4.86.